The van der Waals surface area contributed by atoms with E-state index in [4.69, 9.17) is 9.84 Å². The molecule has 3 aromatic rings. The minimum atomic E-state index is -0.582. The van der Waals surface area contributed by atoms with Crippen LogP contribution in [-0.4, -0.2) is 28.3 Å². The van der Waals surface area contributed by atoms with Gasteiger partial charge in [0.05, 0.1) is 17.9 Å². The van der Waals surface area contributed by atoms with Crippen LogP contribution in [0.15, 0.2) is 58.5 Å². The van der Waals surface area contributed by atoms with Gasteiger partial charge in [0.25, 0.3) is 6.17 Å². The number of carbonyl (C=O) groups excluding carboxylic acids is 1. The van der Waals surface area contributed by atoms with Crippen LogP contribution in [0.4, 0.5) is 5.69 Å². The first-order chi connectivity index (χ1) is 15.5. The van der Waals surface area contributed by atoms with Crippen molar-refractivity contribution < 1.29 is 14.2 Å². The minimum absolute atomic E-state index is 0.128. The Labute approximate surface area is 191 Å². The van der Waals surface area contributed by atoms with Crippen LogP contribution in [0.25, 0.3) is 11.3 Å². The number of nitrogens with one attached hydrogen (secondary N) is 1. The molecule has 1 atom stereocenters. The lowest BCUT2D eigenvalue weighted by Gasteiger charge is -2.31. The molecule has 7 nitrogen and oxygen atoms in total. The van der Waals surface area contributed by atoms with Crippen LogP contribution in [0.3, 0.4) is 0 Å². The Morgan fingerprint density at radius 1 is 1.16 bits per heavy atom. The standard InChI is InChI=1S/C24H26N4O3S/c1-4-14-31-18-12-10-17(11-13-18)23-27(16(3)29)20-9-7-6-8-19(20)21-22(30)25-24(26-28(21)23)32-15-5-2/h6-13,23H,4-5,14-15H2,1-3H3/p+1. The van der Waals surface area contributed by atoms with E-state index in [1.54, 1.807) is 9.58 Å². The summed E-state index contributed by atoms with van der Waals surface area (Å²) >= 11 is 1.50. The number of H-pyrrole nitrogens is 1. The second-order valence-electron chi connectivity index (χ2n) is 7.60. The van der Waals surface area contributed by atoms with Crippen molar-refractivity contribution in [1.29, 1.82) is 0 Å². The molecule has 0 radical (unpaired) electrons. The average Bonchev–Trinajstić information content (AvgIpc) is 2.80. The van der Waals surface area contributed by atoms with Gasteiger partial charge in [-0.2, -0.15) is 0 Å². The predicted molar refractivity (Wildman–Crippen MR) is 125 cm³/mol. The second kappa shape index (κ2) is 9.56. The number of aromatic nitrogens is 3. The Morgan fingerprint density at radius 3 is 2.59 bits per heavy atom. The molecule has 2 heterocycles. The van der Waals surface area contributed by atoms with E-state index in [2.05, 4.69) is 18.8 Å². The molecular weight excluding hydrogens is 424 g/mol. The Hall–Kier alpha value is -3.13. The average molecular weight is 452 g/mol. The highest BCUT2D eigenvalue weighted by atomic mass is 32.2. The molecule has 0 bridgehead atoms. The maximum Gasteiger partial charge on any atom is 0.325 e. The first kappa shape index (κ1) is 22.1. The van der Waals surface area contributed by atoms with Gasteiger partial charge in [0.15, 0.2) is 0 Å². The molecule has 1 amide bonds. The number of amides is 1. The maximum atomic E-state index is 13.2. The van der Waals surface area contributed by atoms with Crippen LogP contribution < -0.4 is 19.9 Å². The number of rotatable bonds is 7. The Morgan fingerprint density at radius 2 is 1.91 bits per heavy atom. The zero-order valence-electron chi connectivity index (χ0n) is 18.5. The van der Waals surface area contributed by atoms with Crippen LogP contribution in [0.2, 0.25) is 0 Å². The first-order valence-electron chi connectivity index (χ1n) is 10.9. The number of fused-ring (bicyclic) bond motifs is 3. The number of ether oxygens (including phenoxy) is 1. The Balaban J connectivity index is 1.91. The molecule has 0 saturated heterocycles. The van der Waals surface area contributed by atoms with E-state index >= 15 is 0 Å². The number of carbonyl (C=O) groups is 1. The summed E-state index contributed by atoms with van der Waals surface area (Å²) in [5.74, 6) is 1.48. The van der Waals surface area contributed by atoms with Gasteiger partial charge in [-0.3, -0.25) is 14.6 Å². The summed E-state index contributed by atoms with van der Waals surface area (Å²) in [6.45, 7) is 6.31. The molecule has 0 spiro atoms. The van der Waals surface area contributed by atoms with Gasteiger partial charge in [0, 0.05) is 23.3 Å². The molecule has 2 aromatic carbocycles. The van der Waals surface area contributed by atoms with Crippen LogP contribution >= 0.6 is 11.8 Å². The van der Waals surface area contributed by atoms with Gasteiger partial charge >= 0.3 is 11.3 Å². The Kier molecular flexibility index (Phi) is 6.60. The molecular formula is C24H27N4O3S+. The van der Waals surface area contributed by atoms with Crippen LogP contribution in [-0.2, 0) is 4.79 Å². The van der Waals surface area contributed by atoms with Gasteiger partial charge in [0.2, 0.25) is 11.1 Å². The van der Waals surface area contributed by atoms with Gasteiger partial charge in [-0.1, -0.05) is 37.7 Å². The summed E-state index contributed by atoms with van der Waals surface area (Å²) in [6, 6.07) is 15.1. The second-order valence-corrected chi connectivity index (χ2v) is 8.68. The third kappa shape index (κ3) is 4.14. The zero-order chi connectivity index (χ0) is 22.7. The lowest BCUT2D eigenvalue weighted by atomic mass is 10.0. The fraction of sp³-hybridized carbons (Fsp3) is 0.333. The SMILES string of the molecule is CCCOc1ccc(C2N(C(C)=O)c3ccccc3-c3c(=O)[nH]c(SCCC)n[n+]32)cc1. The van der Waals surface area contributed by atoms with Crippen molar-refractivity contribution in [2.24, 2.45) is 0 Å². The zero-order valence-corrected chi connectivity index (χ0v) is 19.3. The summed E-state index contributed by atoms with van der Waals surface area (Å²) in [6.07, 6.45) is 1.30. The molecule has 1 aliphatic heterocycles. The van der Waals surface area contributed by atoms with Crippen LogP contribution in [0.1, 0.15) is 45.3 Å². The van der Waals surface area contributed by atoms with Crippen molar-refractivity contribution in [3.8, 4) is 17.0 Å². The van der Waals surface area contributed by atoms with E-state index in [-0.39, 0.29) is 11.5 Å². The van der Waals surface area contributed by atoms with Gasteiger partial charge < -0.3 is 4.74 Å². The lowest BCUT2D eigenvalue weighted by molar-refractivity contribution is -0.763. The van der Waals surface area contributed by atoms with Crippen molar-refractivity contribution in [1.82, 2.24) is 10.1 Å². The molecule has 1 unspecified atom stereocenters. The lowest BCUT2D eigenvalue weighted by Crippen LogP contribution is -2.60. The minimum Gasteiger partial charge on any atom is -0.494 e. The number of anilines is 1. The van der Waals surface area contributed by atoms with Crippen molar-refractivity contribution in [3.63, 3.8) is 0 Å². The fourth-order valence-electron chi connectivity index (χ4n) is 3.83. The predicted octanol–water partition coefficient (Wildman–Crippen LogP) is 3.93. The van der Waals surface area contributed by atoms with Crippen LogP contribution in [0, 0.1) is 0 Å². The molecule has 32 heavy (non-hydrogen) atoms. The van der Waals surface area contributed by atoms with Gasteiger partial charge in [-0.15, -0.1) is 0 Å². The number of benzene rings is 2. The summed E-state index contributed by atoms with van der Waals surface area (Å²) in [7, 11) is 0. The highest BCUT2D eigenvalue weighted by molar-refractivity contribution is 7.99. The summed E-state index contributed by atoms with van der Waals surface area (Å²) in [4.78, 5) is 30.7. The van der Waals surface area contributed by atoms with E-state index < -0.39 is 6.17 Å². The molecule has 0 saturated carbocycles. The quantitative estimate of drug-likeness (QED) is 0.435. The smallest absolute Gasteiger partial charge is 0.325 e. The molecule has 0 fully saturated rings. The van der Waals surface area contributed by atoms with Crippen molar-refractivity contribution in [3.05, 3.63) is 64.4 Å². The number of thioether (sulfide) groups is 1. The summed E-state index contributed by atoms with van der Waals surface area (Å²) in [5, 5.41) is 5.31. The van der Waals surface area contributed by atoms with E-state index in [1.807, 2.05) is 48.5 Å². The number of para-hydroxylation sites is 1. The molecule has 1 N–H and O–H groups in total. The molecule has 8 heteroatoms. The number of hydrogen-bond donors (Lipinski definition) is 1. The third-order valence-electron chi connectivity index (χ3n) is 5.19. The van der Waals surface area contributed by atoms with Crippen molar-refractivity contribution in [2.75, 3.05) is 17.3 Å². The molecule has 1 aromatic heterocycles. The van der Waals surface area contributed by atoms with Gasteiger partial charge in [-0.05, 0) is 53.9 Å². The number of hydrogen-bond acceptors (Lipinski definition) is 5. The van der Waals surface area contributed by atoms with E-state index in [0.717, 1.165) is 29.9 Å². The third-order valence-corrected chi connectivity index (χ3v) is 6.26. The molecule has 0 aliphatic carbocycles. The normalized spacial score (nSPS) is 14.6. The highest BCUT2D eigenvalue weighted by Crippen LogP contribution is 2.37. The fourth-order valence-corrected chi connectivity index (χ4v) is 4.54. The topological polar surface area (TPSA) is 79.2 Å². The number of aromatic amines is 1. The molecule has 4 rings (SSSR count). The number of nitrogens with zero attached hydrogens (tertiary/aromatic N) is 3. The van der Waals surface area contributed by atoms with Gasteiger partial charge in [-0.25, -0.2) is 4.90 Å². The maximum absolute atomic E-state index is 13.2. The van der Waals surface area contributed by atoms with E-state index in [0.29, 0.717) is 28.7 Å². The van der Waals surface area contributed by atoms with E-state index in [1.165, 1.54) is 18.7 Å². The van der Waals surface area contributed by atoms with Crippen molar-refractivity contribution in [2.45, 2.75) is 44.9 Å². The summed E-state index contributed by atoms with van der Waals surface area (Å²) in [5.41, 5.74) is 2.44. The Bertz CT molecular complexity index is 1180. The summed E-state index contributed by atoms with van der Waals surface area (Å²) < 4.78 is 7.40. The van der Waals surface area contributed by atoms with E-state index in [9.17, 15) is 9.59 Å². The largest absolute Gasteiger partial charge is 0.494 e. The van der Waals surface area contributed by atoms with Crippen LogP contribution in [0.5, 0.6) is 5.75 Å². The molecule has 166 valence electrons. The monoisotopic (exact) mass is 451 g/mol. The first-order valence-corrected chi connectivity index (χ1v) is 11.8. The molecule has 1 aliphatic rings. The van der Waals surface area contributed by atoms with Gasteiger partial charge in [0.1, 0.15) is 5.75 Å². The highest BCUT2D eigenvalue weighted by Gasteiger charge is 2.44. The van der Waals surface area contributed by atoms with Crippen molar-refractivity contribution >= 4 is 23.4 Å².